The quantitative estimate of drug-likeness (QED) is 0.792. The molecule has 0 fully saturated rings. The van der Waals surface area contributed by atoms with Crippen LogP contribution in [0.1, 0.15) is 30.4 Å². The van der Waals surface area contributed by atoms with Gasteiger partial charge in [0.25, 0.3) is 0 Å². The van der Waals surface area contributed by atoms with Crippen LogP contribution in [0.15, 0.2) is 18.2 Å². The highest BCUT2D eigenvalue weighted by molar-refractivity contribution is 6.31. The van der Waals surface area contributed by atoms with Crippen LogP contribution in [0.4, 0.5) is 0 Å². The van der Waals surface area contributed by atoms with Gasteiger partial charge < -0.3 is 5.73 Å². The number of rotatable bonds is 3. The van der Waals surface area contributed by atoms with Crippen LogP contribution >= 0.6 is 11.6 Å². The molecule has 0 heterocycles. The summed E-state index contributed by atoms with van der Waals surface area (Å²) >= 11 is 6.03. The maximum Gasteiger partial charge on any atom is 0.0438 e. The number of hydrogen-bond acceptors (Lipinski definition) is 1. The average Bonchev–Trinajstić information content (AvgIpc) is 2.14. The Morgan fingerprint density at radius 1 is 1.46 bits per heavy atom. The lowest BCUT2D eigenvalue weighted by atomic mass is 9.93. The Morgan fingerprint density at radius 3 is 2.69 bits per heavy atom. The summed E-state index contributed by atoms with van der Waals surface area (Å²) in [5.74, 6) is 0.443. The van der Waals surface area contributed by atoms with Crippen LogP contribution in [-0.4, -0.2) is 6.54 Å². The number of nitrogens with two attached hydrogens (primary N) is 1. The lowest BCUT2D eigenvalue weighted by Crippen LogP contribution is -2.12. The lowest BCUT2D eigenvalue weighted by molar-refractivity contribution is 0.670. The van der Waals surface area contributed by atoms with E-state index in [0.29, 0.717) is 12.5 Å². The minimum Gasteiger partial charge on any atom is -0.330 e. The van der Waals surface area contributed by atoms with Crippen LogP contribution in [0, 0.1) is 6.92 Å². The second-order valence-corrected chi connectivity index (χ2v) is 3.70. The summed E-state index contributed by atoms with van der Waals surface area (Å²) in [5, 5.41) is 0.837. The summed E-state index contributed by atoms with van der Waals surface area (Å²) in [5.41, 5.74) is 8.15. The highest BCUT2D eigenvalue weighted by Crippen LogP contribution is 2.26. The Kier molecular flexibility index (Phi) is 3.76. The van der Waals surface area contributed by atoms with Crippen molar-refractivity contribution in [1.29, 1.82) is 0 Å². The van der Waals surface area contributed by atoms with E-state index < -0.39 is 0 Å². The molecule has 0 spiro atoms. The van der Waals surface area contributed by atoms with Crippen LogP contribution in [-0.2, 0) is 0 Å². The molecule has 0 saturated carbocycles. The van der Waals surface area contributed by atoms with Crippen molar-refractivity contribution in [2.75, 3.05) is 6.54 Å². The maximum absolute atomic E-state index is 6.03. The van der Waals surface area contributed by atoms with Crippen molar-refractivity contribution in [3.05, 3.63) is 34.3 Å². The van der Waals surface area contributed by atoms with Crippen LogP contribution in [0.3, 0.4) is 0 Å². The van der Waals surface area contributed by atoms with E-state index in [9.17, 15) is 0 Å². The van der Waals surface area contributed by atoms with Crippen molar-refractivity contribution < 1.29 is 0 Å². The number of halogens is 1. The predicted molar refractivity (Wildman–Crippen MR) is 58.3 cm³/mol. The minimum absolute atomic E-state index is 0.443. The van der Waals surface area contributed by atoms with Crippen molar-refractivity contribution in [3.63, 3.8) is 0 Å². The van der Waals surface area contributed by atoms with Gasteiger partial charge >= 0.3 is 0 Å². The molecule has 2 heteroatoms. The van der Waals surface area contributed by atoms with Crippen LogP contribution < -0.4 is 5.73 Å². The molecule has 0 aromatic heterocycles. The van der Waals surface area contributed by atoms with Crippen molar-refractivity contribution in [3.8, 4) is 0 Å². The monoisotopic (exact) mass is 197 g/mol. The third-order valence-corrected chi connectivity index (χ3v) is 2.94. The van der Waals surface area contributed by atoms with E-state index >= 15 is 0 Å². The summed E-state index contributed by atoms with van der Waals surface area (Å²) in [4.78, 5) is 0. The highest BCUT2D eigenvalue weighted by Gasteiger charge is 2.10. The molecule has 0 radical (unpaired) electrons. The fourth-order valence-corrected chi connectivity index (χ4v) is 1.76. The molecule has 0 bridgehead atoms. The van der Waals surface area contributed by atoms with E-state index in [4.69, 9.17) is 17.3 Å². The summed E-state index contributed by atoms with van der Waals surface area (Å²) in [7, 11) is 0. The summed E-state index contributed by atoms with van der Waals surface area (Å²) in [6.45, 7) is 4.89. The summed E-state index contributed by atoms with van der Waals surface area (Å²) in [6, 6.07) is 6.02. The van der Waals surface area contributed by atoms with Crippen molar-refractivity contribution in [2.45, 2.75) is 26.2 Å². The standard InChI is InChI=1S/C11H16ClN/c1-3-9(7-13)10-5-4-6-11(12)8(10)2/h4-6,9H,3,7,13H2,1-2H3. The average molecular weight is 198 g/mol. The van der Waals surface area contributed by atoms with E-state index in [0.717, 1.165) is 11.4 Å². The topological polar surface area (TPSA) is 26.0 Å². The fraction of sp³-hybridized carbons (Fsp3) is 0.455. The molecular weight excluding hydrogens is 182 g/mol. The molecule has 0 aliphatic heterocycles. The smallest absolute Gasteiger partial charge is 0.0438 e. The van der Waals surface area contributed by atoms with Gasteiger partial charge in [-0.2, -0.15) is 0 Å². The van der Waals surface area contributed by atoms with Gasteiger partial charge in [0.15, 0.2) is 0 Å². The van der Waals surface area contributed by atoms with Crippen LogP contribution in [0.25, 0.3) is 0 Å². The molecule has 0 saturated heterocycles. The first-order valence-electron chi connectivity index (χ1n) is 4.65. The zero-order chi connectivity index (χ0) is 9.84. The number of benzene rings is 1. The van der Waals surface area contributed by atoms with E-state index in [-0.39, 0.29) is 0 Å². The van der Waals surface area contributed by atoms with Crippen LogP contribution in [0.5, 0.6) is 0 Å². The van der Waals surface area contributed by atoms with Gasteiger partial charge in [0.2, 0.25) is 0 Å². The summed E-state index contributed by atoms with van der Waals surface area (Å²) < 4.78 is 0. The first-order chi connectivity index (χ1) is 6.20. The largest absolute Gasteiger partial charge is 0.330 e. The van der Waals surface area contributed by atoms with Gasteiger partial charge in [0, 0.05) is 5.02 Å². The molecule has 0 amide bonds. The Balaban J connectivity index is 3.05. The van der Waals surface area contributed by atoms with Gasteiger partial charge in [0.1, 0.15) is 0 Å². The molecule has 1 atom stereocenters. The second-order valence-electron chi connectivity index (χ2n) is 3.29. The first kappa shape index (κ1) is 10.6. The van der Waals surface area contributed by atoms with Crippen molar-refractivity contribution in [1.82, 2.24) is 0 Å². The fourth-order valence-electron chi connectivity index (χ4n) is 1.58. The Hall–Kier alpha value is -0.530. The highest BCUT2D eigenvalue weighted by atomic mass is 35.5. The molecule has 1 nitrogen and oxygen atoms in total. The van der Waals surface area contributed by atoms with Gasteiger partial charge in [0.05, 0.1) is 0 Å². The molecule has 2 N–H and O–H groups in total. The Labute approximate surface area is 84.9 Å². The Bertz CT molecular complexity index is 279. The minimum atomic E-state index is 0.443. The molecule has 1 aromatic rings. The van der Waals surface area contributed by atoms with Gasteiger partial charge in [-0.15, -0.1) is 0 Å². The van der Waals surface area contributed by atoms with E-state index in [1.54, 1.807) is 0 Å². The van der Waals surface area contributed by atoms with Gasteiger partial charge in [-0.25, -0.2) is 0 Å². The third-order valence-electron chi connectivity index (χ3n) is 2.53. The molecular formula is C11H16ClN. The predicted octanol–water partition coefficient (Wildman–Crippen LogP) is 3.10. The van der Waals surface area contributed by atoms with E-state index in [1.165, 1.54) is 11.1 Å². The number of hydrogen-bond donors (Lipinski definition) is 1. The van der Waals surface area contributed by atoms with Gasteiger partial charge in [-0.1, -0.05) is 30.7 Å². The molecule has 13 heavy (non-hydrogen) atoms. The third kappa shape index (κ3) is 2.23. The normalized spacial score (nSPS) is 12.9. The van der Waals surface area contributed by atoms with Crippen molar-refractivity contribution in [2.24, 2.45) is 5.73 Å². The summed E-state index contributed by atoms with van der Waals surface area (Å²) in [6.07, 6.45) is 1.07. The first-order valence-corrected chi connectivity index (χ1v) is 5.03. The molecule has 0 aliphatic rings. The van der Waals surface area contributed by atoms with E-state index in [2.05, 4.69) is 19.9 Å². The van der Waals surface area contributed by atoms with E-state index in [1.807, 2.05) is 12.1 Å². The maximum atomic E-state index is 6.03. The molecule has 72 valence electrons. The van der Waals surface area contributed by atoms with Crippen molar-refractivity contribution >= 4 is 11.6 Å². The SMILES string of the molecule is CCC(CN)c1cccc(Cl)c1C. The molecule has 1 unspecified atom stereocenters. The Morgan fingerprint density at radius 2 is 2.15 bits per heavy atom. The molecule has 1 rings (SSSR count). The zero-order valence-electron chi connectivity index (χ0n) is 8.18. The lowest BCUT2D eigenvalue weighted by Gasteiger charge is -2.16. The van der Waals surface area contributed by atoms with Crippen LogP contribution in [0.2, 0.25) is 5.02 Å². The zero-order valence-corrected chi connectivity index (χ0v) is 8.93. The molecule has 1 aromatic carbocycles. The molecule has 0 aliphatic carbocycles. The van der Waals surface area contributed by atoms with Gasteiger partial charge in [-0.3, -0.25) is 0 Å². The van der Waals surface area contributed by atoms with Gasteiger partial charge in [-0.05, 0) is 43.0 Å². The second kappa shape index (κ2) is 4.64.